The summed E-state index contributed by atoms with van der Waals surface area (Å²) in [6, 6.07) is 13.3. The molecule has 0 atom stereocenters. The summed E-state index contributed by atoms with van der Waals surface area (Å²) in [5, 5.41) is 8.92. The second-order valence-electron chi connectivity index (χ2n) is 4.32. The SMILES string of the molecule is Nc1ccc(SCc2ccccc2CC(=O)O)c(Br)c1. The van der Waals surface area contributed by atoms with Gasteiger partial charge in [-0.1, -0.05) is 24.3 Å². The molecule has 0 bridgehead atoms. The van der Waals surface area contributed by atoms with Gasteiger partial charge >= 0.3 is 5.97 Å². The van der Waals surface area contributed by atoms with Gasteiger partial charge in [0.25, 0.3) is 0 Å². The molecule has 0 saturated heterocycles. The number of carbonyl (C=O) groups is 1. The lowest BCUT2D eigenvalue weighted by molar-refractivity contribution is -0.136. The van der Waals surface area contributed by atoms with E-state index in [2.05, 4.69) is 15.9 Å². The molecule has 2 rings (SSSR count). The first-order chi connectivity index (χ1) is 9.56. The Labute approximate surface area is 130 Å². The third kappa shape index (κ3) is 4.02. The quantitative estimate of drug-likeness (QED) is 0.632. The van der Waals surface area contributed by atoms with Crippen LogP contribution in [0.25, 0.3) is 0 Å². The Morgan fingerprint density at radius 2 is 1.90 bits per heavy atom. The Balaban J connectivity index is 2.12. The number of hydrogen-bond acceptors (Lipinski definition) is 3. The number of nitrogens with two attached hydrogens (primary N) is 1. The van der Waals surface area contributed by atoms with Gasteiger partial charge in [0.15, 0.2) is 0 Å². The predicted octanol–water partition coefficient (Wildman–Crippen LogP) is 3.95. The van der Waals surface area contributed by atoms with E-state index in [0.717, 1.165) is 26.2 Å². The van der Waals surface area contributed by atoms with E-state index >= 15 is 0 Å². The molecule has 0 spiro atoms. The zero-order valence-electron chi connectivity index (χ0n) is 10.7. The molecule has 0 aliphatic heterocycles. The molecular formula is C15H14BrNO2S. The Kier molecular flexibility index (Phi) is 5.09. The Bertz CT molecular complexity index is 631. The zero-order chi connectivity index (χ0) is 14.5. The second kappa shape index (κ2) is 6.81. The van der Waals surface area contributed by atoms with E-state index < -0.39 is 5.97 Å². The standard InChI is InChI=1S/C15H14BrNO2S/c16-13-8-12(17)5-6-14(13)20-9-11-4-2-1-3-10(11)7-15(18)19/h1-6,8H,7,9,17H2,(H,18,19). The average Bonchev–Trinajstić information content (AvgIpc) is 2.39. The molecule has 0 aliphatic carbocycles. The van der Waals surface area contributed by atoms with Crippen LogP contribution in [-0.2, 0) is 17.0 Å². The van der Waals surface area contributed by atoms with Crippen LogP contribution >= 0.6 is 27.7 Å². The van der Waals surface area contributed by atoms with Crippen LogP contribution in [0.5, 0.6) is 0 Å². The largest absolute Gasteiger partial charge is 0.481 e. The topological polar surface area (TPSA) is 63.3 Å². The Morgan fingerprint density at radius 3 is 2.55 bits per heavy atom. The predicted molar refractivity (Wildman–Crippen MR) is 85.9 cm³/mol. The number of benzene rings is 2. The van der Waals surface area contributed by atoms with Crippen molar-refractivity contribution in [1.82, 2.24) is 0 Å². The summed E-state index contributed by atoms with van der Waals surface area (Å²) in [6.45, 7) is 0. The molecule has 0 radical (unpaired) electrons. The molecular weight excluding hydrogens is 338 g/mol. The molecule has 3 nitrogen and oxygen atoms in total. The molecule has 0 unspecified atom stereocenters. The minimum absolute atomic E-state index is 0.0552. The van der Waals surface area contributed by atoms with Crippen LogP contribution in [0.1, 0.15) is 11.1 Å². The minimum Gasteiger partial charge on any atom is -0.481 e. The molecule has 0 heterocycles. The summed E-state index contributed by atoms with van der Waals surface area (Å²) >= 11 is 5.14. The van der Waals surface area contributed by atoms with Crippen molar-refractivity contribution in [2.24, 2.45) is 0 Å². The highest BCUT2D eigenvalue weighted by molar-refractivity contribution is 9.10. The molecule has 0 fully saturated rings. The number of halogens is 1. The van der Waals surface area contributed by atoms with E-state index in [1.165, 1.54) is 0 Å². The van der Waals surface area contributed by atoms with Crippen LogP contribution in [0.4, 0.5) is 5.69 Å². The Morgan fingerprint density at radius 1 is 1.20 bits per heavy atom. The van der Waals surface area contributed by atoms with Gasteiger partial charge in [-0.2, -0.15) is 0 Å². The van der Waals surface area contributed by atoms with E-state index in [1.54, 1.807) is 11.8 Å². The van der Waals surface area contributed by atoms with Crippen LogP contribution in [0.3, 0.4) is 0 Å². The van der Waals surface area contributed by atoms with Gasteiger partial charge in [0.2, 0.25) is 0 Å². The van der Waals surface area contributed by atoms with Gasteiger partial charge in [-0.3, -0.25) is 4.79 Å². The maximum absolute atomic E-state index is 10.9. The maximum atomic E-state index is 10.9. The lowest BCUT2D eigenvalue weighted by atomic mass is 10.1. The van der Waals surface area contributed by atoms with Crippen molar-refractivity contribution in [3.63, 3.8) is 0 Å². The molecule has 20 heavy (non-hydrogen) atoms. The molecule has 0 saturated carbocycles. The van der Waals surface area contributed by atoms with E-state index in [9.17, 15) is 4.79 Å². The first-order valence-electron chi connectivity index (χ1n) is 6.02. The fourth-order valence-electron chi connectivity index (χ4n) is 1.82. The van der Waals surface area contributed by atoms with Crippen LogP contribution in [0, 0.1) is 0 Å². The van der Waals surface area contributed by atoms with Crippen molar-refractivity contribution in [2.75, 3.05) is 5.73 Å². The van der Waals surface area contributed by atoms with Crippen LogP contribution < -0.4 is 5.73 Å². The van der Waals surface area contributed by atoms with Crippen molar-refractivity contribution in [3.05, 3.63) is 58.1 Å². The highest BCUT2D eigenvalue weighted by Gasteiger charge is 2.08. The molecule has 5 heteroatoms. The van der Waals surface area contributed by atoms with Gasteiger partial charge < -0.3 is 10.8 Å². The van der Waals surface area contributed by atoms with Crippen LogP contribution in [-0.4, -0.2) is 11.1 Å². The molecule has 0 amide bonds. The van der Waals surface area contributed by atoms with Crippen LogP contribution in [0.2, 0.25) is 0 Å². The van der Waals surface area contributed by atoms with Gasteiger partial charge in [0, 0.05) is 20.8 Å². The summed E-state index contributed by atoms with van der Waals surface area (Å²) in [5.41, 5.74) is 8.33. The minimum atomic E-state index is -0.809. The number of nitrogen functional groups attached to an aromatic ring is 1. The smallest absolute Gasteiger partial charge is 0.307 e. The highest BCUT2D eigenvalue weighted by atomic mass is 79.9. The van der Waals surface area contributed by atoms with Gasteiger partial charge in [-0.25, -0.2) is 0 Å². The normalized spacial score (nSPS) is 10.4. The van der Waals surface area contributed by atoms with Gasteiger partial charge in [0.05, 0.1) is 6.42 Å². The first-order valence-corrected chi connectivity index (χ1v) is 7.80. The summed E-state index contributed by atoms with van der Waals surface area (Å²) in [7, 11) is 0. The number of anilines is 1. The zero-order valence-corrected chi connectivity index (χ0v) is 13.1. The monoisotopic (exact) mass is 351 g/mol. The van der Waals surface area contributed by atoms with Gasteiger partial charge in [-0.15, -0.1) is 11.8 Å². The molecule has 2 aromatic carbocycles. The third-order valence-corrected chi connectivity index (χ3v) is 4.84. The highest BCUT2D eigenvalue weighted by Crippen LogP contribution is 2.32. The number of thioether (sulfide) groups is 1. The van der Waals surface area contributed by atoms with Crippen molar-refractivity contribution in [3.8, 4) is 0 Å². The fourth-order valence-corrected chi connectivity index (χ4v) is 3.52. The number of carboxylic acid groups (broad SMARTS) is 1. The van der Waals surface area contributed by atoms with Gasteiger partial charge in [-0.05, 0) is 45.3 Å². The number of carboxylic acids is 1. The van der Waals surface area contributed by atoms with Gasteiger partial charge in [0.1, 0.15) is 0 Å². The average molecular weight is 352 g/mol. The molecule has 0 aliphatic rings. The number of aliphatic carboxylic acids is 1. The lowest BCUT2D eigenvalue weighted by Crippen LogP contribution is -2.02. The van der Waals surface area contributed by atoms with E-state index in [0.29, 0.717) is 5.69 Å². The summed E-state index contributed by atoms with van der Waals surface area (Å²) in [5.74, 6) is -0.0810. The summed E-state index contributed by atoms with van der Waals surface area (Å²) < 4.78 is 0.957. The van der Waals surface area contributed by atoms with Crippen molar-refractivity contribution >= 4 is 39.3 Å². The van der Waals surface area contributed by atoms with Crippen LogP contribution in [0.15, 0.2) is 51.8 Å². The van der Waals surface area contributed by atoms with Crippen molar-refractivity contribution in [2.45, 2.75) is 17.1 Å². The number of hydrogen-bond donors (Lipinski definition) is 2. The fraction of sp³-hybridized carbons (Fsp3) is 0.133. The van der Waals surface area contributed by atoms with Crippen molar-refractivity contribution in [1.29, 1.82) is 0 Å². The summed E-state index contributed by atoms with van der Waals surface area (Å²) in [6.07, 6.45) is 0.0552. The van der Waals surface area contributed by atoms with E-state index in [-0.39, 0.29) is 6.42 Å². The van der Waals surface area contributed by atoms with Crippen molar-refractivity contribution < 1.29 is 9.90 Å². The molecule has 104 valence electrons. The first kappa shape index (κ1) is 14.9. The van der Waals surface area contributed by atoms with E-state index in [1.807, 2.05) is 42.5 Å². The third-order valence-electron chi connectivity index (χ3n) is 2.80. The molecule has 0 aromatic heterocycles. The molecule has 3 N–H and O–H groups in total. The summed E-state index contributed by atoms with van der Waals surface area (Å²) in [4.78, 5) is 11.9. The second-order valence-corrected chi connectivity index (χ2v) is 6.19. The lowest BCUT2D eigenvalue weighted by Gasteiger charge is -2.09. The number of rotatable bonds is 5. The van der Waals surface area contributed by atoms with E-state index in [4.69, 9.17) is 10.8 Å². The molecule has 2 aromatic rings. The maximum Gasteiger partial charge on any atom is 0.307 e. The Hall–Kier alpha value is -1.46.